The molecule has 0 aromatic heterocycles. The van der Waals surface area contributed by atoms with Crippen LogP contribution in [0.4, 0.5) is 5.69 Å². The second-order valence-electron chi connectivity index (χ2n) is 7.46. The average molecular weight is 488 g/mol. The highest BCUT2D eigenvalue weighted by Crippen LogP contribution is 2.35. The van der Waals surface area contributed by atoms with Crippen LogP contribution in [0.5, 0.6) is 0 Å². The summed E-state index contributed by atoms with van der Waals surface area (Å²) in [4.78, 5) is 15.6. The van der Waals surface area contributed by atoms with Gasteiger partial charge in [0, 0.05) is 39.5 Å². The van der Waals surface area contributed by atoms with Crippen molar-refractivity contribution in [3.63, 3.8) is 0 Å². The van der Waals surface area contributed by atoms with E-state index >= 15 is 0 Å². The number of hydrogen-bond donors (Lipinski definition) is 1. The number of hydrogen-bond acceptors (Lipinski definition) is 3. The third-order valence-electron chi connectivity index (χ3n) is 5.38. The summed E-state index contributed by atoms with van der Waals surface area (Å²) in [5.41, 5.74) is 5.02. The number of allylic oxidation sites excluding steroid dienone is 1. The molecule has 6 heteroatoms. The molecule has 1 aliphatic carbocycles. The predicted molar refractivity (Wildman–Crippen MR) is 125 cm³/mol. The van der Waals surface area contributed by atoms with E-state index in [1.165, 1.54) is 5.57 Å². The van der Waals surface area contributed by atoms with E-state index in [0.29, 0.717) is 18.2 Å². The normalized spacial score (nSPS) is 18.6. The Morgan fingerprint density at radius 1 is 1.03 bits per heavy atom. The second-order valence-corrected chi connectivity index (χ2v) is 8.81. The van der Waals surface area contributed by atoms with Crippen LogP contribution in [0.25, 0.3) is 6.08 Å². The molecule has 30 heavy (non-hydrogen) atoms. The van der Waals surface area contributed by atoms with E-state index in [1.54, 1.807) is 12.1 Å². The zero-order valence-electron chi connectivity index (χ0n) is 16.7. The lowest BCUT2D eigenvalue weighted by Crippen LogP contribution is -2.38. The van der Waals surface area contributed by atoms with Crippen LogP contribution in [0.2, 0.25) is 5.02 Å². The minimum absolute atomic E-state index is 0.0415. The molecule has 1 amide bonds. The number of morpholine rings is 1. The third kappa shape index (κ3) is 5.15. The lowest BCUT2D eigenvalue weighted by atomic mass is 9.88. The molecule has 0 unspecified atom stereocenters. The Morgan fingerprint density at radius 3 is 2.43 bits per heavy atom. The maximum atomic E-state index is 13.3. The van der Waals surface area contributed by atoms with Crippen molar-refractivity contribution in [2.75, 3.05) is 31.6 Å². The molecule has 0 saturated carbocycles. The fourth-order valence-electron chi connectivity index (χ4n) is 3.93. The number of nitrogens with zero attached hydrogens (tertiary/aromatic N) is 1. The lowest BCUT2D eigenvalue weighted by Gasteiger charge is -2.36. The molecular weight excluding hydrogens is 464 g/mol. The molecule has 0 atom stereocenters. The molecule has 4 rings (SSSR count). The molecule has 1 N–H and O–H groups in total. The van der Waals surface area contributed by atoms with Crippen LogP contribution in [0.3, 0.4) is 0 Å². The maximum absolute atomic E-state index is 13.3. The number of carbonyl (C=O) groups excluding carboxylic acids is 1. The molecule has 4 nitrogen and oxygen atoms in total. The molecule has 1 aliphatic heterocycles. The highest BCUT2D eigenvalue weighted by atomic mass is 79.9. The van der Waals surface area contributed by atoms with Gasteiger partial charge in [0.05, 0.1) is 13.2 Å². The van der Waals surface area contributed by atoms with Gasteiger partial charge in [0.15, 0.2) is 0 Å². The van der Waals surface area contributed by atoms with E-state index in [9.17, 15) is 4.79 Å². The van der Waals surface area contributed by atoms with Crippen molar-refractivity contribution in [1.82, 2.24) is 4.90 Å². The van der Waals surface area contributed by atoms with Crippen LogP contribution in [0.1, 0.15) is 24.8 Å². The fourth-order valence-corrected chi connectivity index (χ4v) is 4.32. The zero-order valence-corrected chi connectivity index (χ0v) is 19.0. The van der Waals surface area contributed by atoms with Gasteiger partial charge in [0.1, 0.15) is 0 Å². The Kier molecular flexibility index (Phi) is 6.93. The van der Waals surface area contributed by atoms with Crippen molar-refractivity contribution in [3.05, 3.63) is 80.4 Å². The highest BCUT2D eigenvalue weighted by molar-refractivity contribution is 9.10. The van der Waals surface area contributed by atoms with Gasteiger partial charge in [-0.15, -0.1) is 0 Å². The number of amides is 1. The molecular formula is C24H24BrClN2O2. The van der Waals surface area contributed by atoms with E-state index in [0.717, 1.165) is 59.3 Å². The first-order valence-electron chi connectivity index (χ1n) is 10.2. The van der Waals surface area contributed by atoms with Gasteiger partial charge >= 0.3 is 0 Å². The smallest absolute Gasteiger partial charge is 0.253 e. The van der Waals surface area contributed by atoms with E-state index in [-0.39, 0.29) is 5.91 Å². The molecule has 2 aromatic carbocycles. The number of rotatable bonds is 4. The van der Waals surface area contributed by atoms with Crippen LogP contribution in [-0.4, -0.2) is 37.1 Å². The van der Waals surface area contributed by atoms with Crippen LogP contribution in [0, 0.1) is 0 Å². The lowest BCUT2D eigenvalue weighted by molar-refractivity contribution is -0.113. The Labute approximate surface area is 190 Å². The summed E-state index contributed by atoms with van der Waals surface area (Å²) < 4.78 is 6.61. The topological polar surface area (TPSA) is 41.6 Å². The third-order valence-corrected chi connectivity index (χ3v) is 6.16. The number of halogens is 2. The Hall–Kier alpha value is -2.08. The standard InChI is InChI=1S/C24H24BrClN2O2/c25-19-6-4-17(5-7-19)16-18-2-1-3-22(23(18)28-12-14-30-15-13-28)24(29)27-21-10-8-20(26)9-11-21/h4-11,16H,1-3,12-15H2,(H,27,29)/b18-16-. The van der Waals surface area contributed by atoms with Gasteiger partial charge in [-0.25, -0.2) is 0 Å². The van der Waals surface area contributed by atoms with Crippen LogP contribution < -0.4 is 5.32 Å². The van der Waals surface area contributed by atoms with Gasteiger partial charge in [0.2, 0.25) is 0 Å². The molecule has 156 valence electrons. The largest absolute Gasteiger partial charge is 0.378 e. The van der Waals surface area contributed by atoms with Gasteiger partial charge in [-0.2, -0.15) is 0 Å². The molecule has 0 spiro atoms. The van der Waals surface area contributed by atoms with E-state index in [4.69, 9.17) is 16.3 Å². The van der Waals surface area contributed by atoms with Gasteiger partial charge in [-0.3, -0.25) is 4.79 Å². The first-order chi connectivity index (χ1) is 14.6. The Balaban J connectivity index is 1.70. The summed E-state index contributed by atoms with van der Waals surface area (Å²) in [5.74, 6) is -0.0415. The Bertz CT molecular complexity index is 962. The summed E-state index contributed by atoms with van der Waals surface area (Å²) >= 11 is 9.47. The first-order valence-corrected chi connectivity index (χ1v) is 11.4. The average Bonchev–Trinajstić information content (AvgIpc) is 2.77. The SMILES string of the molecule is O=C(Nc1ccc(Cl)cc1)C1=C(N2CCOCC2)/C(=C\c2ccc(Br)cc2)CCC1. The fraction of sp³-hybridized carbons (Fsp3) is 0.292. The maximum Gasteiger partial charge on any atom is 0.253 e. The monoisotopic (exact) mass is 486 g/mol. The molecule has 1 fully saturated rings. The van der Waals surface area contributed by atoms with E-state index < -0.39 is 0 Å². The van der Waals surface area contributed by atoms with Crippen molar-refractivity contribution in [2.24, 2.45) is 0 Å². The molecule has 1 saturated heterocycles. The second kappa shape index (κ2) is 9.82. The summed E-state index contributed by atoms with van der Waals surface area (Å²) in [7, 11) is 0. The number of anilines is 1. The quantitative estimate of drug-likeness (QED) is 0.584. The van der Waals surface area contributed by atoms with Crippen LogP contribution >= 0.6 is 27.5 Å². The minimum Gasteiger partial charge on any atom is -0.378 e. The van der Waals surface area contributed by atoms with Crippen molar-refractivity contribution in [3.8, 4) is 0 Å². The summed E-state index contributed by atoms with van der Waals surface area (Å²) in [6.45, 7) is 2.96. The molecule has 0 bridgehead atoms. The number of benzene rings is 2. The molecule has 2 aromatic rings. The van der Waals surface area contributed by atoms with Crippen LogP contribution in [0.15, 0.2) is 69.8 Å². The first kappa shape index (κ1) is 21.2. The van der Waals surface area contributed by atoms with Crippen LogP contribution in [-0.2, 0) is 9.53 Å². The van der Waals surface area contributed by atoms with Gasteiger partial charge in [-0.05, 0) is 72.9 Å². The number of nitrogens with one attached hydrogen (secondary N) is 1. The molecule has 2 aliphatic rings. The Morgan fingerprint density at radius 2 is 1.73 bits per heavy atom. The summed E-state index contributed by atoms with van der Waals surface area (Å²) in [5, 5.41) is 3.70. The van der Waals surface area contributed by atoms with E-state index in [2.05, 4.69) is 44.4 Å². The van der Waals surface area contributed by atoms with Crippen molar-refractivity contribution in [2.45, 2.75) is 19.3 Å². The van der Waals surface area contributed by atoms with Gasteiger partial charge < -0.3 is 15.0 Å². The minimum atomic E-state index is -0.0415. The number of carbonyl (C=O) groups is 1. The molecule has 0 radical (unpaired) electrons. The highest BCUT2D eigenvalue weighted by Gasteiger charge is 2.28. The van der Waals surface area contributed by atoms with Crippen molar-refractivity contribution >= 4 is 45.2 Å². The predicted octanol–water partition coefficient (Wildman–Crippen LogP) is 5.89. The number of ether oxygens (including phenoxy) is 1. The molecule has 1 heterocycles. The summed E-state index contributed by atoms with van der Waals surface area (Å²) in [6.07, 6.45) is 4.90. The summed E-state index contributed by atoms with van der Waals surface area (Å²) in [6, 6.07) is 15.5. The van der Waals surface area contributed by atoms with Crippen molar-refractivity contribution in [1.29, 1.82) is 0 Å². The van der Waals surface area contributed by atoms with Crippen molar-refractivity contribution < 1.29 is 9.53 Å². The van der Waals surface area contributed by atoms with Gasteiger partial charge in [0.25, 0.3) is 5.91 Å². The van der Waals surface area contributed by atoms with Gasteiger partial charge in [-0.1, -0.05) is 39.7 Å². The van der Waals surface area contributed by atoms with E-state index in [1.807, 2.05) is 24.3 Å². The zero-order chi connectivity index (χ0) is 20.9.